The number of aromatic nitrogens is 1. The molecule has 1 aromatic heterocycles. The molecule has 3 N–H and O–H groups in total. The SMILES string of the molecule is Cc1cc2ccccc2[nH]1.Cc1cccc(N)c1. The van der Waals surface area contributed by atoms with E-state index in [-0.39, 0.29) is 0 Å². The van der Waals surface area contributed by atoms with Gasteiger partial charge in [-0.25, -0.2) is 0 Å². The van der Waals surface area contributed by atoms with Crippen LogP contribution in [0.15, 0.2) is 54.6 Å². The van der Waals surface area contributed by atoms with Crippen molar-refractivity contribution < 1.29 is 0 Å². The van der Waals surface area contributed by atoms with Gasteiger partial charge in [0.1, 0.15) is 0 Å². The Kier molecular flexibility index (Phi) is 3.68. The molecule has 2 nitrogen and oxygen atoms in total. The molecular formula is C16H18N2. The predicted octanol–water partition coefficient (Wildman–Crippen LogP) is 4.05. The zero-order chi connectivity index (χ0) is 13.0. The number of hydrogen-bond donors (Lipinski definition) is 2. The number of fused-ring (bicyclic) bond motifs is 1. The van der Waals surface area contributed by atoms with Crippen molar-refractivity contribution in [3.05, 3.63) is 65.9 Å². The highest BCUT2D eigenvalue weighted by Gasteiger charge is 1.92. The Bertz CT molecular complexity index is 588. The van der Waals surface area contributed by atoms with E-state index in [9.17, 15) is 0 Å². The summed E-state index contributed by atoms with van der Waals surface area (Å²) < 4.78 is 0. The highest BCUT2D eigenvalue weighted by atomic mass is 14.7. The third kappa shape index (κ3) is 3.14. The molecule has 0 aliphatic rings. The summed E-state index contributed by atoms with van der Waals surface area (Å²) in [4.78, 5) is 3.26. The van der Waals surface area contributed by atoms with Crippen molar-refractivity contribution in [2.45, 2.75) is 13.8 Å². The smallest absolute Gasteiger partial charge is 0.0455 e. The number of H-pyrrole nitrogens is 1. The van der Waals surface area contributed by atoms with Gasteiger partial charge in [-0.3, -0.25) is 0 Å². The van der Waals surface area contributed by atoms with Crippen molar-refractivity contribution >= 4 is 16.6 Å². The van der Waals surface area contributed by atoms with Crippen LogP contribution in [-0.4, -0.2) is 4.98 Å². The molecule has 0 spiro atoms. The first-order valence-electron chi connectivity index (χ1n) is 6.01. The van der Waals surface area contributed by atoms with Crippen LogP contribution in [0.25, 0.3) is 10.9 Å². The summed E-state index contributed by atoms with van der Waals surface area (Å²) in [6, 6.07) is 18.2. The molecule has 0 bridgehead atoms. The number of aromatic amines is 1. The number of benzene rings is 2. The average Bonchev–Trinajstić information content (AvgIpc) is 2.69. The summed E-state index contributed by atoms with van der Waals surface area (Å²) >= 11 is 0. The van der Waals surface area contributed by atoms with Crippen molar-refractivity contribution in [2.24, 2.45) is 0 Å². The van der Waals surface area contributed by atoms with Gasteiger partial charge in [-0.15, -0.1) is 0 Å². The number of rotatable bonds is 0. The quantitative estimate of drug-likeness (QED) is 0.570. The lowest BCUT2D eigenvalue weighted by atomic mass is 10.2. The lowest BCUT2D eigenvalue weighted by Crippen LogP contribution is -1.82. The van der Waals surface area contributed by atoms with Crippen LogP contribution in [-0.2, 0) is 0 Å². The van der Waals surface area contributed by atoms with Crippen molar-refractivity contribution in [2.75, 3.05) is 5.73 Å². The summed E-state index contributed by atoms with van der Waals surface area (Å²) in [6.45, 7) is 4.09. The highest BCUT2D eigenvalue weighted by molar-refractivity contribution is 5.79. The summed E-state index contributed by atoms with van der Waals surface area (Å²) in [5, 5.41) is 1.29. The van der Waals surface area contributed by atoms with E-state index in [1.54, 1.807) is 0 Å². The maximum Gasteiger partial charge on any atom is 0.0455 e. The number of anilines is 1. The standard InChI is InChI=1S/C9H9N.C7H9N/c1-7-6-8-4-2-3-5-9(8)10-7;1-6-3-2-4-7(8)5-6/h2-6,10H,1H3;2-5H,8H2,1H3. The van der Waals surface area contributed by atoms with Gasteiger partial charge in [0.25, 0.3) is 0 Å². The maximum atomic E-state index is 5.46. The fourth-order valence-corrected chi connectivity index (χ4v) is 1.89. The summed E-state index contributed by atoms with van der Waals surface area (Å²) in [5.74, 6) is 0. The molecular weight excluding hydrogens is 220 g/mol. The fourth-order valence-electron chi connectivity index (χ4n) is 1.89. The normalized spacial score (nSPS) is 9.89. The molecule has 0 amide bonds. The van der Waals surface area contributed by atoms with Gasteiger partial charge in [0.05, 0.1) is 0 Å². The van der Waals surface area contributed by atoms with Crippen molar-refractivity contribution in [1.82, 2.24) is 4.98 Å². The Morgan fingerprint density at radius 1 is 0.889 bits per heavy atom. The number of para-hydroxylation sites is 1. The van der Waals surface area contributed by atoms with Crippen LogP contribution in [0.2, 0.25) is 0 Å². The molecule has 0 saturated heterocycles. The number of nitrogens with one attached hydrogen (secondary N) is 1. The number of nitrogen functional groups attached to an aromatic ring is 1. The van der Waals surface area contributed by atoms with E-state index in [0.717, 1.165) is 5.69 Å². The van der Waals surface area contributed by atoms with Gasteiger partial charge in [0, 0.05) is 16.9 Å². The van der Waals surface area contributed by atoms with E-state index >= 15 is 0 Å². The molecule has 0 fully saturated rings. The first-order valence-corrected chi connectivity index (χ1v) is 6.01. The molecule has 0 aliphatic carbocycles. The Balaban J connectivity index is 0.000000138. The predicted molar refractivity (Wildman–Crippen MR) is 78.6 cm³/mol. The largest absolute Gasteiger partial charge is 0.399 e. The summed E-state index contributed by atoms with van der Waals surface area (Å²) in [5.41, 5.74) is 9.96. The van der Waals surface area contributed by atoms with E-state index in [0.29, 0.717) is 0 Å². The first-order chi connectivity index (χ1) is 8.65. The second kappa shape index (κ2) is 5.41. The number of hydrogen-bond acceptors (Lipinski definition) is 1. The van der Waals surface area contributed by atoms with Crippen LogP contribution < -0.4 is 5.73 Å². The molecule has 0 unspecified atom stereocenters. The molecule has 2 aromatic carbocycles. The summed E-state index contributed by atoms with van der Waals surface area (Å²) in [6.07, 6.45) is 0. The summed E-state index contributed by atoms with van der Waals surface area (Å²) in [7, 11) is 0. The van der Waals surface area contributed by atoms with Gasteiger partial charge in [-0.2, -0.15) is 0 Å². The van der Waals surface area contributed by atoms with E-state index in [2.05, 4.69) is 36.2 Å². The van der Waals surface area contributed by atoms with E-state index in [1.165, 1.54) is 22.2 Å². The third-order valence-corrected chi connectivity index (χ3v) is 2.71. The molecule has 0 radical (unpaired) electrons. The maximum absolute atomic E-state index is 5.46. The molecule has 2 heteroatoms. The molecule has 0 atom stereocenters. The molecule has 0 saturated carbocycles. The van der Waals surface area contributed by atoms with E-state index < -0.39 is 0 Å². The first kappa shape index (κ1) is 12.2. The molecule has 3 aromatic rings. The lowest BCUT2D eigenvalue weighted by Gasteiger charge is -1.91. The van der Waals surface area contributed by atoms with Crippen LogP contribution in [0.3, 0.4) is 0 Å². The molecule has 0 aliphatic heterocycles. The van der Waals surface area contributed by atoms with Crippen molar-refractivity contribution in [3.8, 4) is 0 Å². The van der Waals surface area contributed by atoms with Gasteiger partial charge in [0.2, 0.25) is 0 Å². The fraction of sp³-hybridized carbons (Fsp3) is 0.125. The van der Waals surface area contributed by atoms with Crippen LogP contribution >= 0.6 is 0 Å². The second-order valence-corrected chi connectivity index (χ2v) is 4.45. The van der Waals surface area contributed by atoms with Crippen LogP contribution in [0, 0.1) is 13.8 Å². The zero-order valence-corrected chi connectivity index (χ0v) is 10.8. The molecule has 1 heterocycles. The number of nitrogens with two attached hydrogens (primary N) is 1. The molecule has 18 heavy (non-hydrogen) atoms. The molecule has 92 valence electrons. The van der Waals surface area contributed by atoms with Crippen molar-refractivity contribution in [3.63, 3.8) is 0 Å². The van der Waals surface area contributed by atoms with Crippen LogP contribution in [0.1, 0.15) is 11.3 Å². The van der Waals surface area contributed by atoms with Gasteiger partial charge in [-0.05, 0) is 49.1 Å². The van der Waals surface area contributed by atoms with Crippen molar-refractivity contribution in [1.29, 1.82) is 0 Å². The second-order valence-electron chi connectivity index (χ2n) is 4.45. The van der Waals surface area contributed by atoms with Gasteiger partial charge < -0.3 is 10.7 Å². The lowest BCUT2D eigenvalue weighted by molar-refractivity contribution is 1.30. The Hall–Kier alpha value is -2.22. The van der Waals surface area contributed by atoms with Gasteiger partial charge in [-0.1, -0.05) is 30.3 Å². The zero-order valence-electron chi connectivity index (χ0n) is 10.8. The Morgan fingerprint density at radius 2 is 1.67 bits per heavy atom. The monoisotopic (exact) mass is 238 g/mol. The number of aryl methyl sites for hydroxylation is 2. The van der Waals surface area contributed by atoms with E-state index in [4.69, 9.17) is 5.73 Å². The highest BCUT2D eigenvalue weighted by Crippen LogP contribution is 2.12. The van der Waals surface area contributed by atoms with E-state index in [1.807, 2.05) is 37.3 Å². The minimum atomic E-state index is 0.838. The Labute approximate surface area is 107 Å². The van der Waals surface area contributed by atoms with Gasteiger partial charge in [0.15, 0.2) is 0 Å². The Morgan fingerprint density at radius 3 is 2.28 bits per heavy atom. The minimum Gasteiger partial charge on any atom is -0.399 e. The van der Waals surface area contributed by atoms with Crippen LogP contribution in [0.4, 0.5) is 5.69 Å². The third-order valence-electron chi connectivity index (χ3n) is 2.71. The average molecular weight is 238 g/mol. The minimum absolute atomic E-state index is 0.838. The van der Waals surface area contributed by atoms with Gasteiger partial charge >= 0.3 is 0 Å². The van der Waals surface area contributed by atoms with Crippen LogP contribution in [0.5, 0.6) is 0 Å². The molecule has 3 rings (SSSR count). The topological polar surface area (TPSA) is 41.8 Å².